The number of hydrogen-bond acceptors (Lipinski definition) is 4. The van der Waals surface area contributed by atoms with Crippen molar-refractivity contribution in [3.63, 3.8) is 0 Å². The standard InChI is InChI=1S/C11H15N3O3/c1-2-10(11(12)15)13-7-8-4-3-5-9(6-8)14(16)17/h3-6,10,13H,2,7H2,1H3,(H2,12,15). The van der Waals surface area contributed by atoms with Crippen molar-refractivity contribution in [2.24, 2.45) is 5.73 Å². The predicted octanol–water partition coefficient (Wildman–Crippen LogP) is 0.948. The largest absolute Gasteiger partial charge is 0.368 e. The molecule has 0 aliphatic rings. The van der Waals surface area contributed by atoms with Gasteiger partial charge in [-0.25, -0.2) is 0 Å². The Hall–Kier alpha value is -1.95. The molecule has 0 radical (unpaired) electrons. The van der Waals surface area contributed by atoms with E-state index < -0.39 is 16.9 Å². The van der Waals surface area contributed by atoms with E-state index in [1.165, 1.54) is 12.1 Å². The number of nitro groups is 1. The molecule has 1 atom stereocenters. The Bertz CT molecular complexity index is 420. The van der Waals surface area contributed by atoms with Crippen molar-refractivity contribution in [1.82, 2.24) is 5.32 Å². The number of amides is 1. The quantitative estimate of drug-likeness (QED) is 0.568. The summed E-state index contributed by atoms with van der Waals surface area (Å²) in [5, 5.41) is 13.5. The van der Waals surface area contributed by atoms with Crippen molar-refractivity contribution in [2.75, 3.05) is 0 Å². The number of nitro benzene ring substituents is 1. The van der Waals surface area contributed by atoms with Gasteiger partial charge in [0.05, 0.1) is 11.0 Å². The molecule has 3 N–H and O–H groups in total. The van der Waals surface area contributed by atoms with Crippen LogP contribution in [0.5, 0.6) is 0 Å². The van der Waals surface area contributed by atoms with E-state index in [-0.39, 0.29) is 5.69 Å². The molecule has 0 aromatic heterocycles. The maximum Gasteiger partial charge on any atom is 0.269 e. The van der Waals surface area contributed by atoms with E-state index in [1.54, 1.807) is 12.1 Å². The fourth-order valence-corrected chi connectivity index (χ4v) is 1.47. The zero-order chi connectivity index (χ0) is 12.8. The molecule has 0 saturated heterocycles. The Kier molecular flexibility index (Phi) is 4.59. The topological polar surface area (TPSA) is 98.3 Å². The average Bonchev–Trinajstić information content (AvgIpc) is 2.29. The van der Waals surface area contributed by atoms with Gasteiger partial charge in [-0.15, -0.1) is 0 Å². The van der Waals surface area contributed by atoms with Crippen LogP contribution in [0.25, 0.3) is 0 Å². The molecule has 6 heteroatoms. The second-order valence-corrected chi connectivity index (χ2v) is 3.67. The summed E-state index contributed by atoms with van der Waals surface area (Å²) >= 11 is 0. The summed E-state index contributed by atoms with van der Waals surface area (Å²) in [4.78, 5) is 21.1. The summed E-state index contributed by atoms with van der Waals surface area (Å²) < 4.78 is 0. The van der Waals surface area contributed by atoms with Gasteiger partial charge < -0.3 is 11.1 Å². The van der Waals surface area contributed by atoms with Crippen molar-refractivity contribution >= 4 is 11.6 Å². The number of nitrogens with two attached hydrogens (primary N) is 1. The van der Waals surface area contributed by atoms with Crippen LogP contribution in [0.15, 0.2) is 24.3 Å². The van der Waals surface area contributed by atoms with Gasteiger partial charge in [0.25, 0.3) is 5.69 Å². The van der Waals surface area contributed by atoms with Crippen LogP contribution in [-0.2, 0) is 11.3 Å². The summed E-state index contributed by atoms with van der Waals surface area (Å²) in [6.07, 6.45) is 0.588. The smallest absolute Gasteiger partial charge is 0.269 e. The van der Waals surface area contributed by atoms with E-state index in [2.05, 4.69) is 5.32 Å². The van der Waals surface area contributed by atoms with Crippen LogP contribution in [0.4, 0.5) is 5.69 Å². The minimum Gasteiger partial charge on any atom is -0.368 e. The monoisotopic (exact) mass is 237 g/mol. The van der Waals surface area contributed by atoms with Gasteiger partial charge in [-0.1, -0.05) is 19.1 Å². The zero-order valence-corrected chi connectivity index (χ0v) is 9.55. The van der Waals surface area contributed by atoms with E-state index in [4.69, 9.17) is 5.73 Å². The molecule has 1 unspecified atom stereocenters. The van der Waals surface area contributed by atoms with Gasteiger partial charge >= 0.3 is 0 Å². The van der Waals surface area contributed by atoms with E-state index in [1.807, 2.05) is 6.92 Å². The number of carbonyl (C=O) groups excluding carboxylic acids is 1. The number of nitrogens with zero attached hydrogens (tertiary/aromatic N) is 1. The zero-order valence-electron chi connectivity index (χ0n) is 9.55. The number of nitrogens with one attached hydrogen (secondary N) is 1. The summed E-state index contributed by atoms with van der Waals surface area (Å²) in [6.45, 7) is 2.22. The SMILES string of the molecule is CCC(NCc1cccc([N+](=O)[O-])c1)C(N)=O. The number of carbonyl (C=O) groups is 1. The number of rotatable bonds is 6. The first-order valence-corrected chi connectivity index (χ1v) is 5.30. The highest BCUT2D eigenvalue weighted by Crippen LogP contribution is 2.12. The fourth-order valence-electron chi connectivity index (χ4n) is 1.47. The molecule has 0 spiro atoms. The molecule has 0 aliphatic heterocycles. The highest BCUT2D eigenvalue weighted by molar-refractivity contribution is 5.79. The van der Waals surface area contributed by atoms with Gasteiger partial charge in [-0.3, -0.25) is 14.9 Å². The number of benzene rings is 1. The van der Waals surface area contributed by atoms with Gasteiger partial charge in [-0.05, 0) is 12.0 Å². The van der Waals surface area contributed by atoms with Crippen LogP contribution in [0.2, 0.25) is 0 Å². The molecule has 0 saturated carbocycles. The van der Waals surface area contributed by atoms with Crippen molar-refractivity contribution in [2.45, 2.75) is 25.9 Å². The molecule has 0 fully saturated rings. The van der Waals surface area contributed by atoms with Gasteiger partial charge in [0, 0.05) is 18.7 Å². The molecule has 6 nitrogen and oxygen atoms in total. The second kappa shape index (κ2) is 5.95. The van der Waals surface area contributed by atoms with E-state index in [0.29, 0.717) is 13.0 Å². The van der Waals surface area contributed by atoms with Crippen molar-refractivity contribution in [1.29, 1.82) is 0 Å². The summed E-state index contributed by atoms with van der Waals surface area (Å²) in [5.41, 5.74) is 5.97. The maximum absolute atomic E-state index is 11.0. The lowest BCUT2D eigenvalue weighted by atomic mass is 10.1. The maximum atomic E-state index is 11.0. The lowest BCUT2D eigenvalue weighted by Crippen LogP contribution is -2.40. The average molecular weight is 237 g/mol. The Labute approximate surface area is 99.0 Å². The molecule has 1 amide bonds. The molecule has 0 aliphatic carbocycles. The van der Waals surface area contributed by atoms with Crippen LogP contribution >= 0.6 is 0 Å². The second-order valence-electron chi connectivity index (χ2n) is 3.67. The minimum atomic E-state index is -0.450. The molecule has 0 heterocycles. The van der Waals surface area contributed by atoms with Crippen LogP contribution in [0, 0.1) is 10.1 Å². The van der Waals surface area contributed by atoms with Crippen LogP contribution in [0.3, 0.4) is 0 Å². The van der Waals surface area contributed by atoms with Gasteiger partial charge in [0.15, 0.2) is 0 Å². The molecule has 1 rings (SSSR count). The highest BCUT2D eigenvalue weighted by Gasteiger charge is 2.12. The summed E-state index contributed by atoms with van der Waals surface area (Å²) in [5.74, 6) is -0.419. The third kappa shape index (κ3) is 3.84. The van der Waals surface area contributed by atoms with Gasteiger partial charge in [0.1, 0.15) is 0 Å². The lowest BCUT2D eigenvalue weighted by molar-refractivity contribution is -0.384. The van der Waals surface area contributed by atoms with Crippen LogP contribution in [0.1, 0.15) is 18.9 Å². The normalized spacial score (nSPS) is 12.1. The molecule has 0 bridgehead atoms. The number of non-ortho nitro benzene ring substituents is 1. The van der Waals surface area contributed by atoms with Crippen molar-refractivity contribution in [3.05, 3.63) is 39.9 Å². The molecular weight excluding hydrogens is 222 g/mol. The van der Waals surface area contributed by atoms with Crippen LogP contribution < -0.4 is 11.1 Å². The summed E-state index contributed by atoms with van der Waals surface area (Å²) in [7, 11) is 0. The van der Waals surface area contributed by atoms with E-state index >= 15 is 0 Å². The molecule has 1 aromatic carbocycles. The van der Waals surface area contributed by atoms with Gasteiger partial charge in [-0.2, -0.15) is 0 Å². The first kappa shape index (κ1) is 13.1. The first-order chi connectivity index (χ1) is 8.04. The van der Waals surface area contributed by atoms with Crippen molar-refractivity contribution in [3.8, 4) is 0 Å². The predicted molar refractivity (Wildman–Crippen MR) is 63.2 cm³/mol. The fraction of sp³-hybridized carbons (Fsp3) is 0.364. The highest BCUT2D eigenvalue weighted by atomic mass is 16.6. The first-order valence-electron chi connectivity index (χ1n) is 5.30. The Morgan fingerprint density at radius 3 is 2.82 bits per heavy atom. The molecule has 1 aromatic rings. The minimum absolute atomic E-state index is 0.0384. The van der Waals surface area contributed by atoms with Crippen molar-refractivity contribution < 1.29 is 9.72 Å². The number of primary amides is 1. The third-order valence-corrected chi connectivity index (χ3v) is 2.43. The third-order valence-electron chi connectivity index (χ3n) is 2.43. The Morgan fingerprint density at radius 1 is 1.59 bits per heavy atom. The Morgan fingerprint density at radius 2 is 2.29 bits per heavy atom. The molecule has 92 valence electrons. The van der Waals surface area contributed by atoms with E-state index in [0.717, 1.165) is 5.56 Å². The van der Waals surface area contributed by atoms with E-state index in [9.17, 15) is 14.9 Å². The lowest BCUT2D eigenvalue weighted by Gasteiger charge is -2.12. The summed E-state index contributed by atoms with van der Waals surface area (Å²) in [6, 6.07) is 5.86. The Balaban J connectivity index is 2.66. The van der Waals surface area contributed by atoms with Crippen LogP contribution in [-0.4, -0.2) is 16.9 Å². The van der Waals surface area contributed by atoms with Gasteiger partial charge in [0.2, 0.25) is 5.91 Å². The number of hydrogen-bond donors (Lipinski definition) is 2. The molecule has 17 heavy (non-hydrogen) atoms. The molecular formula is C11H15N3O3.